The lowest BCUT2D eigenvalue weighted by Gasteiger charge is -2.33. The fraction of sp³-hybridized carbons (Fsp3) is 0.346. The number of aromatic nitrogens is 2. The molecule has 31 heavy (non-hydrogen) atoms. The first-order chi connectivity index (χ1) is 15.2. The Kier molecular flexibility index (Phi) is 7.05. The second kappa shape index (κ2) is 10.3. The molecular formula is C26H30N4O. The minimum absolute atomic E-state index is 0.0741. The predicted molar refractivity (Wildman–Crippen MR) is 125 cm³/mol. The van der Waals surface area contributed by atoms with E-state index < -0.39 is 0 Å². The molecule has 0 spiro atoms. The third kappa shape index (κ3) is 5.76. The van der Waals surface area contributed by atoms with Gasteiger partial charge in [0, 0.05) is 43.0 Å². The van der Waals surface area contributed by atoms with Gasteiger partial charge in [-0.1, -0.05) is 42.5 Å². The summed E-state index contributed by atoms with van der Waals surface area (Å²) in [6.45, 7) is 4.80. The van der Waals surface area contributed by atoms with Gasteiger partial charge in [-0.3, -0.25) is 14.8 Å². The number of hydrogen-bond donors (Lipinski definition) is 1. The summed E-state index contributed by atoms with van der Waals surface area (Å²) in [7, 11) is 0. The third-order valence-corrected chi connectivity index (χ3v) is 5.86. The number of aryl methyl sites for hydroxylation is 1. The summed E-state index contributed by atoms with van der Waals surface area (Å²) in [6, 6.07) is 18.6. The van der Waals surface area contributed by atoms with Gasteiger partial charge in [-0.05, 0) is 56.5 Å². The van der Waals surface area contributed by atoms with E-state index >= 15 is 0 Å². The fourth-order valence-electron chi connectivity index (χ4n) is 4.45. The monoisotopic (exact) mass is 414 g/mol. The lowest BCUT2D eigenvalue weighted by molar-refractivity contribution is -0.114. The van der Waals surface area contributed by atoms with Crippen LogP contribution >= 0.6 is 0 Å². The Morgan fingerprint density at radius 3 is 2.77 bits per heavy atom. The molecule has 4 rings (SSSR count). The molecule has 1 aliphatic heterocycles. The molecule has 1 aromatic heterocycles. The average molecular weight is 415 g/mol. The minimum Gasteiger partial charge on any atom is -0.326 e. The number of anilines is 1. The van der Waals surface area contributed by atoms with Crippen LogP contribution in [0.25, 0.3) is 11.3 Å². The van der Waals surface area contributed by atoms with Crippen LogP contribution in [0.15, 0.2) is 67.0 Å². The van der Waals surface area contributed by atoms with E-state index in [-0.39, 0.29) is 5.91 Å². The Bertz CT molecular complexity index is 1010. The highest BCUT2D eigenvalue weighted by atomic mass is 16.1. The van der Waals surface area contributed by atoms with E-state index in [1.165, 1.54) is 25.3 Å². The number of carbonyl (C=O) groups is 1. The second-order valence-electron chi connectivity index (χ2n) is 8.28. The van der Waals surface area contributed by atoms with Gasteiger partial charge >= 0.3 is 0 Å². The van der Waals surface area contributed by atoms with Crippen LogP contribution < -0.4 is 5.32 Å². The molecule has 5 heteroatoms. The zero-order valence-electron chi connectivity index (χ0n) is 18.1. The highest BCUT2D eigenvalue weighted by Crippen LogP contribution is 2.32. The van der Waals surface area contributed by atoms with E-state index in [1.54, 1.807) is 12.4 Å². The van der Waals surface area contributed by atoms with Crippen molar-refractivity contribution in [3.63, 3.8) is 0 Å². The largest absolute Gasteiger partial charge is 0.326 e. The number of nitrogens with one attached hydrogen (secondary N) is 1. The van der Waals surface area contributed by atoms with Gasteiger partial charge < -0.3 is 10.2 Å². The van der Waals surface area contributed by atoms with E-state index in [0.29, 0.717) is 5.92 Å². The number of nitrogens with zero attached hydrogens (tertiary/aromatic N) is 3. The van der Waals surface area contributed by atoms with Gasteiger partial charge in [-0.25, -0.2) is 0 Å². The average Bonchev–Trinajstić information content (AvgIpc) is 2.80. The van der Waals surface area contributed by atoms with Crippen molar-refractivity contribution in [3.05, 3.63) is 78.2 Å². The molecule has 1 atom stereocenters. The van der Waals surface area contributed by atoms with Crippen LogP contribution in [0.1, 0.15) is 43.4 Å². The van der Waals surface area contributed by atoms with Crippen molar-refractivity contribution in [2.45, 2.75) is 38.5 Å². The summed E-state index contributed by atoms with van der Waals surface area (Å²) < 4.78 is 0. The quantitative estimate of drug-likeness (QED) is 0.597. The topological polar surface area (TPSA) is 58.1 Å². The summed E-state index contributed by atoms with van der Waals surface area (Å²) in [6.07, 6.45) is 8.15. The van der Waals surface area contributed by atoms with E-state index in [4.69, 9.17) is 4.98 Å². The molecule has 0 bridgehead atoms. The van der Waals surface area contributed by atoms with Crippen molar-refractivity contribution in [3.8, 4) is 11.3 Å². The summed E-state index contributed by atoms with van der Waals surface area (Å²) in [5, 5.41) is 2.86. The SMILES string of the molecule is CC(=O)Nc1cccc(-c2nccnc2[C@@H]2CCCN(CCCc3ccccc3)C2)c1. The molecule has 0 radical (unpaired) electrons. The van der Waals surface area contributed by atoms with Crippen LogP contribution in [0.3, 0.4) is 0 Å². The van der Waals surface area contributed by atoms with Crippen LogP contribution in [0.5, 0.6) is 0 Å². The Morgan fingerprint density at radius 2 is 1.94 bits per heavy atom. The zero-order valence-corrected chi connectivity index (χ0v) is 18.1. The van der Waals surface area contributed by atoms with Crippen molar-refractivity contribution >= 4 is 11.6 Å². The van der Waals surface area contributed by atoms with E-state index in [2.05, 4.69) is 45.5 Å². The lowest BCUT2D eigenvalue weighted by Crippen LogP contribution is -2.35. The molecule has 2 aromatic carbocycles. The minimum atomic E-state index is -0.0741. The summed E-state index contributed by atoms with van der Waals surface area (Å²) in [5.74, 6) is 0.300. The van der Waals surface area contributed by atoms with Crippen LogP contribution in [-0.2, 0) is 11.2 Å². The maximum Gasteiger partial charge on any atom is 0.221 e. The first kappa shape index (κ1) is 21.2. The Hall–Kier alpha value is -3.05. The first-order valence-electron chi connectivity index (χ1n) is 11.1. The molecule has 0 saturated carbocycles. The lowest BCUT2D eigenvalue weighted by atomic mass is 9.91. The number of likely N-dealkylation sites (tertiary alicyclic amines) is 1. The maximum atomic E-state index is 11.4. The Balaban J connectivity index is 1.45. The molecule has 160 valence electrons. The molecular weight excluding hydrogens is 384 g/mol. The molecule has 0 aliphatic carbocycles. The first-order valence-corrected chi connectivity index (χ1v) is 11.1. The van der Waals surface area contributed by atoms with Crippen molar-refractivity contribution in [1.29, 1.82) is 0 Å². The number of hydrogen-bond acceptors (Lipinski definition) is 4. The molecule has 1 aliphatic rings. The molecule has 3 aromatic rings. The van der Waals surface area contributed by atoms with Gasteiger partial charge in [0.05, 0.1) is 11.4 Å². The number of carbonyl (C=O) groups excluding carboxylic acids is 1. The van der Waals surface area contributed by atoms with E-state index in [0.717, 1.165) is 55.1 Å². The number of piperidine rings is 1. The van der Waals surface area contributed by atoms with Crippen molar-refractivity contribution in [2.75, 3.05) is 25.0 Å². The summed E-state index contributed by atoms with van der Waals surface area (Å²) >= 11 is 0. The zero-order chi connectivity index (χ0) is 21.5. The van der Waals surface area contributed by atoms with Gasteiger partial charge in [0.2, 0.25) is 5.91 Å². The molecule has 0 unspecified atom stereocenters. The molecule has 1 amide bonds. The fourth-order valence-corrected chi connectivity index (χ4v) is 4.45. The van der Waals surface area contributed by atoms with Gasteiger partial charge in [-0.2, -0.15) is 0 Å². The molecule has 5 nitrogen and oxygen atoms in total. The molecule has 2 heterocycles. The van der Waals surface area contributed by atoms with E-state index in [1.807, 2.05) is 24.3 Å². The summed E-state index contributed by atoms with van der Waals surface area (Å²) in [5.41, 5.74) is 5.18. The van der Waals surface area contributed by atoms with E-state index in [9.17, 15) is 4.79 Å². The number of benzene rings is 2. The van der Waals surface area contributed by atoms with Crippen molar-refractivity contribution in [1.82, 2.24) is 14.9 Å². The van der Waals surface area contributed by atoms with Gasteiger partial charge in [-0.15, -0.1) is 0 Å². The van der Waals surface area contributed by atoms with Crippen LogP contribution in [0, 0.1) is 0 Å². The third-order valence-electron chi connectivity index (χ3n) is 5.86. The van der Waals surface area contributed by atoms with Crippen molar-refractivity contribution < 1.29 is 4.79 Å². The Labute approximate surface area is 184 Å². The molecule has 1 saturated heterocycles. The smallest absolute Gasteiger partial charge is 0.221 e. The molecule has 1 fully saturated rings. The normalized spacial score (nSPS) is 16.7. The highest BCUT2D eigenvalue weighted by molar-refractivity contribution is 5.89. The summed E-state index contributed by atoms with van der Waals surface area (Å²) in [4.78, 5) is 23.4. The maximum absolute atomic E-state index is 11.4. The van der Waals surface area contributed by atoms with Crippen molar-refractivity contribution in [2.24, 2.45) is 0 Å². The van der Waals surface area contributed by atoms with Gasteiger partial charge in [0.1, 0.15) is 0 Å². The standard InChI is InChI=1S/C26H30N4O/c1-20(31)29-24-13-5-11-22(18-24)25-26(28-15-14-27-25)23-12-7-17-30(19-23)16-6-10-21-8-3-2-4-9-21/h2-5,8-9,11,13-15,18,23H,6-7,10,12,16-17,19H2,1H3,(H,29,31)/t23-/m1/s1. The number of amides is 1. The van der Waals surface area contributed by atoms with Crippen LogP contribution in [0.4, 0.5) is 5.69 Å². The second-order valence-corrected chi connectivity index (χ2v) is 8.28. The number of rotatable bonds is 7. The predicted octanol–water partition coefficient (Wildman–Crippen LogP) is 4.91. The van der Waals surface area contributed by atoms with Crippen LogP contribution in [0.2, 0.25) is 0 Å². The molecule has 1 N–H and O–H groups in total. The van der Waals surface area contributed by atoms with Gasteiger partial charge in [0.15, 0.2) is 0 Å². The van der Waals surface area contributed by atoms with Crippen LogP contribution in [-0.4, -0.2) is 40.4 Å². The Morgan fingerprint density at radius 1 is 1.10 bits per heavy atom. The van der Waals surface area contributed by atoms with Gasteiger partial charge in [0.25, 0.3) is 0 Å². The highest BCUT2D eigenvalue weighted by Gasteiger charge is 2.25.